The van der Waals surface area contributed by atoms with Gasteiger partial charge in [0, 0.05) is 23.3 Å². The molecule has 36 heavy (non-hydrogen) atoms. The lowest BCUT2D eigenvalue weighted by Gasteiger charge is -2.42. The summed E-state index contributed by atoms with van der Waals surface area (Å²) in [6.07, 6.45) is 1.61. The third-order valence-electron chi connectivity index (χ3n) is 7.55. The molecule has 0 aromatic heterocycles. The molecule has 2 bridgehead atoms. The molecule has 0 unspecified atom stereocenters. The van der Waals surface area contributed by atoms with Gasteiger partial charge in [0.1, 0.15) is 5.60 Å². The van der Waals surface area contributed by atoms with Gasteiger partial charge in [0.15, 0.2) is 0 Å². The van der Waals surface area contributed by atoms with Crippen molar-refractivity contribution in [2.45, 2.75) is 97.1 Å². The number of nitrogens with zero attached hydrogens (tertiary/aromatic N) is 2. The van der Waals surface area contributed by atoms with Crippen LogP contribution < -0.4 is 0 Å². The predicted octanol–water partition coefficient (Wildman–Crippen LogP) is 5.28. The van der Waals surface area contributed by atoms with Gasteiger partial charge in [0.05, 0.1) is 24.3 Å². The fraction of sp³-hybridized carbons (Fsp3) is 0.607. The average Bonchev–Trinajstić information content (AvgIpc) is 3.33. The van der Waals surface area contributed by atoms with Crippen LogP contribution in [0.3, 0.4) is 0 Å². The summed E-state index contributed by atoms with van der Waals surface area (Å²) in [6.45, 7) is 12.7. The van der Waals surface area contributed by atoms with Crippen molar-refractivity contribution in [2.75, 3.05) is 0 Å². The summed E-state index contributed by atoms with van der Waals surface area (Å²) in [5.74, 6) is -0.608. The molecule has 3 aliphatic carbocycles. The first-order valence-corrected chi connectivity index (χ1v) is 12.9. The maximum absolute atomic E-state index is 13.5. The van der Waals surface area contributed by atoms with Crippen molar-refractivity contribution in [3.63, 3.8) is 0 Å². The lowest BCUT2D eigenvalue weighted by atomic mass is 9.88. The van der Waals surface area contributed by atoms with E-state index in [4.69, 9.17) is 14.2 Å². The van der Waals surface area contributed by atoms with E-state index in [0.29, 0.717) is 0 Å². The van der Waals surface area contributed by atoms with Crippen LogP contribution in [-0.4, -0.2) is 58.1 Å². The van der Waals surface area contributed by atoms with Crippen LogP contribution in [0.15, 0.2) is 30.3 Å². The van der Waals surface area contributed by atoms with Crippen LogP contribution in [0.4, 0.5) is 9.59 Å². The van der Waals surface area contributed by atoms with Crippen LogP contribution in [0.1, 0.15) is 78.4 Å². The highest BCUT2D eigenvalue weighted by Crippen LogP contribution is 2.75. The van der Waals surface area contributed by atoms with Crippen LogP contribution in [0.2, 0.25) is 0 Å². The summed E-state index contributed by atoms with van der Waals surface area (Å²) >= 11 is 0. The molecule has 8 nitrogen and oxygen atoms in total. The van der Waals surface area contributed by atoms with Gasteiger partial charge in [-0.2, -0.15) is 0 Å². The number of carbonyl (C=O) groups excluding carboxylic acids is 3. The second kappa shape index (κ2) is 8.25. The number of hydrogen-bond acceptors (Lipinski definition) is 6. The molecular formula is C28H36N2O6. The second-order valence-electron chi connectivity index (χ2n) is 11.9. The summed E-state index contributed by atoms with van der Waals surface area (Å²) in [5, 5.41) is 3.02. The van der Waals surface area contributed by atoms with Gasteiger partial charge >= 0.3 is 18.2 Å². The number of rotatable bonds is 3. The molecule has 0 N–H and O–H groups in total. The molecule has 1 aromatic rings. The zero-order valence-electron chi connectivity index (χ0n) is 22.1. The normalized spacial score (nSPS) is 28.1. The Kier molecular flexibility index (Phi) is 5.65. The Labute approximate surface area is 212 Å². The number of hydrogen-bond donors (Lipinski definition) is 0. The lowest BCUT2D eigenvalue weighted by molar-refractivity contribution is -0.148. The Hall–Kier alpha value is -3.03. The minimum atomic E-state index is -0.622. The van der Waals surface area contributed by atoms with Gasteiger partial charge in [-0.15, -0.1) is 0 Å². The topological polar surface area (TPSA) is 85.4 Å². The first kappa shape index (κ1) is 24.7. The van der Waals surface area contributed by atoms with Crippen molar-refractivity contribution in [3.8, 4) is 0 Å². The van der Waals surface area contributed by atoms with Crippen LogP contribution >= 0.6 is 0 Å². The smallest absolute Gasteiger partial charge is 0.429 e. The SMILES string of the molecule is CC(C)OC(=O)N1[C@H]2[C@@H]3/C(=C\C(=O)OC(C)(C)C)c4ccccc4[C@@H]3[C@@H](N1C(=O)OC(C)C)C21CC1. The molecule has 4 atom stereocenters. The highest BCUT2D eigenvalue weighted by Gasteiger charge is 2.79. The average molecular weight is 497 g/mol. The Balaban J connectivity index is 1.63. The van der Waals surface area contributed by atoms with Crippen molar-refractivity contribution in [2.24, 2.45) is 11.3 Å². The molecule has 1 aliphatic heterocycles. The molecule has 5 rings (SSSR count). The Morgan fingerprint density at radius 3 is 1.94 bits per heavy atom. The first-order valence-electron chi connectivity index (χ1n) is 12.9. The molecule has 8 heteroatoms. The van der Waals surface area contributed by atoms with Crippen molar-refractivity contribution >= 4 is 23.7 Å². The number of esters is 1. The minimum Gasteiger partial charge on any atom is -0.457 e. The fourth-order valence-electron chi connectivity index (χ4n) is 6.58. The molecule has 4 aliphatic rings. The van der Waals surface area contributed by atoms with Gasteiger partial charge in [0.25, 0.3) is 0 Å². The molecule has 1 spiro atoms. The Morgan fingerprint density at radius 2 is 1.44 bits per heavy atom. The number of fused-ring (bicyclic) bond motifs is 5. The van der Waals surface area contributed by atoms with E-state index in [1.807, 2.05) is 39.0 Å². The monoisotopic (exact) mass is 496 g/mol. The number of carbonyl (C=O) groups is 3. The summed E-state index contributed by atoms with van der Waals surface area (Å²) in [5.41, 5.74) is 2.06. The molecule has 194 valence electrons. The quantitative estimate of drug-likeness (QED) is 0.322. The standard InChI is InChI=1S/C28H36N2O6/c1-15(2)34-25(32)29-23-21-18-11-9-8-10-17(18)19(14-20(31)36-27(5,6)7)22(21)24(28(23)12-13-28)30(29)26(33)35-16(3)4/h8-11,14-16,21-24H,12-13H2,1-7H3/b19-14-/t21-,22+,23+,24-/m0/s1. The van der Waals surface area contributed by atoms with Crippen molar-refractivity contribution < 1.29 is 28.6 Å². The molecule has 1 saturated heterocycles. The van der Waals surface area contributed by atoms with Crippen LogP contribution in [-0.2, 0) is 19.0 Å². The van der Waals surface area contributed by atoms with Gasteiger partial charge in [-0.3, -0.25) is 0 Å². The van der Waals surface area contributed by atoms with Gasteiger partial charge in [-0.05, 0) is 78.0 Å². The number of ether oxygens (including phenoxy) is 3. The van der Waals surface area contributed by atoms with E-state index in [1.54, 1.807) is 33.8 Å². The van der Waals surface area contributed by atoms with E-state index in [2.05, 4.69) is 6.07 Å². The minimum absolute atomic E-state index is 0.0507. The van der Waals surface area contributed by atoms with Crippen molar-refractivity contribution in [3.05, 3.63) is 41.5 Å². The van der Waals surface area contributed by atoms with Crippen LogP contribution in [0.25, 0.3) is 5.57 Å². The Morgan fingerprint density at radius 1 is 0.917 bits per heavy atom. The molecule has 0 radical (unpaired) electrons. The molecule has 2 saturated carbocycles. The van der Waals surface area contributed by atoms with E-state index in [1.165, 1.54) is 10.0 Å². The summed E-state index contributed by atoms with van der Waals surface area (Å²) < 4.78 is 16.9. The summed E-state index contributed by atoms with van der Waals surface area (Å²) in [4.78, 5) is 39.9. The third kappa shape index (κ3) is 3.76. The summed E-state index contributed by atoms with van der Waals surface area (Å²) in [6, 6.07) is 7.44. The van der Waals surface area contributed by atoms with Gasteiger partial charge in [-0.1, -0.05) is 24.3 Å². The number of hydrazine groups is 1. The highest BCUT2D eigenvalue weighted by atomic mass is 16.6. The van der Waals surface area contributed by atoms with Gasteiger partial charge in [-0.25, -0.2) is 24.4 Å². The summed E-state index contributed by atoms with van der Waals surface area (Å²) in [7, 11) is 0. The van der Waals surface area contributed by atoms with Gasteiger partial charge < -0.3 is 14.2 Å². The molecule has 3 fully saturated rings. The van der Waals surface area contributed by atoms with E-state index in [9.17, 15) is 14.4 Å². The number of amides is 2. The van der Waals surface area contributed by atoms with Gasteiger partial charge in [0.2, 0.25) is 0 Å². The van der Waals surface area contributed by atoms with E-state index in [0.717, 1.165) is 29.5 Å². The molecule has 1 aromatic carbocycles. The van der Waals surface area contributed by atoms with E-state index >= 15 is 0 Å². The maximum atomic E-state index is 13.5. The molecular weight excluding hydrogens is 460 g/mol. The largest absolute Gasteiger partial charge is 0.457 e. The predicted molar refractivity (Wildman–Crippen MR) is 133 cm³/mol. The molecule has 2 amide bonds. The van der Waals surface area contributed by atoms with Crippen molar-refractivity contribution in [1.29, 1.82) is 0 Å². The van der Waals surface area contributed by atoms with Crippen molar-refractivity contribution in [1.82, 2.24) is 10.0 Å². The second-order valence-corrected chi connectivity index (χ2v) is 11.9. The number of benzene rings is 1. The zero-order valence-corrected chi connectivity index (χ0v) is 22.1. The zero-order chi connectivity index (χ0) is 26.2. The van der Waals surface area contributed by atoms with E-state index in [-0.39, 0.29) is 41.5 Å². The first-order chi connectivity index (χ1) is 16.9. The van der Waals surface area contributed by atoms with E-state index < -0.39 is 23.8 Å². The third-order valence-corrected chi connectivity index (χ3v) is 7.55. The Bertz CT molecular complexity index is 1130. The fourth-order valence-corrected chi connectivity index (χ4v) is 6.58. The lowest BCUT2D eigenvalue weighted by Crippen LogP contribution is -2.58. The van der Waals surface area contributed by atoms with Crippen LogP contribution in [0, 0.1) is 11.3 Å². The molecule has 1 heterocycles. The maximum Gasteiger partial charge on any atom is 0.429 e. The van der Waals surface area contributed by atoms with Crippen LogP contribution in [0.5, 0.6) is 0 Å². The highest BCUT2D eigenvalue weighted by molar-refractivity contribution is 5.95.